The average molecular weight is 286 g/mol. The molecule has 3 rings (SSSR count). The third-order valence-electron chi connectivity index (χ3n) is 4.50. The second kappa shape index (κ2) is 5.34. The van der Waals surface area contributed by atoms with Crippen molar-refractivity contribution in [3.8, 4) is 0 Å². The molecule has 0 spiro atoms. The summed E-state index contributed by atoms with van der Waals surface area (Å²) in [5, 5.41) is 7.48. The molecular weight excluding hydrogens is 260 g/mol. The fraction of sp³-hybridized carbons (Fsp3) is 0.588. The van der Waals surface area contributed by atoms with Crippen LogP contribution in [-0.4, -0.2) is 26.2 Å². The molecule has 1 aliphatic heterocycles. The number of H-pyrrole nitrogens is 1. The fourth-order valence-electron chi connectivity index (χ4n) is 3.47. The third-order valence-corrected chi connectivity index (χ3v) is 4.50. The molecule has 4 nitrogen and oxygen atoms in total. The van der Waals surface area contributed by atoms with Crippen LogP contribution in [0.2, 0.25) is 0 Å². The van der Waals surface area contributed by atoms with Gasteiger partial charge in [-0.05, 0) is 18.6 Å². The number of nitrogens with zero attached hydrogens (tertiary/aromatic N) is 3. The minimum Gasteiger partial charge on any atom is -0.349 e. The van der Waals surface area contributed by atoms with Crippen LogP contribution in [0.5, 0.6) is 0 Å². The lowest BCUT2D eigenvalue weighted by Gasteiger charge is -2.37. The standard InChI is InChI=1S/C17H26N4/c1-5-14-15-7-6-8-20(15)9-10-21(14)12-13-11-18-19-16(13)17(2,3)4/h6-8,11,14H,5,9-10,12H2,1-4H3,(H,18,19). The maximum Gasteiger partial charge on any atom is 0.0535 e. The van der Waals surface area contributed by atoms with Gasteiger partial charge in [-0.2, -0.15) is 5.10 Å². The number of hydrogen-bond acceptors (Lipinski definition) is 2. The smallest absolute Gasteiger partial charge is 0.0535 e. The van der Waals surface area contributed by atoms with Gasteiger partial charge in [0.1, 0.15) is 0 Å². The van der Waals surface area contributed by atoms with E-state index in [1.54, 1.807) is 0 Å². The van der Waals surface area contributed by atoms with Gasteiger partial charge in [-0.1, -0.05) is 27.7 Å². The van der Waals surface area contributed by atoms with Crippen LogP contribution >= 0.6 is 0 Å². The van der Waals surface area contributed by atoms with Crippen molar-refractivity contribution in [3.05, 3.63) is 41.5 Å². The molecule has 0 bridgehead atoms. The van der Waals surface area contributed by atoms with Crippen molar-refractivity contribution in [3.63, 3.8) is 0 Å². The number of fused-ring (bicyclic) bond motifs is 1. The Morgan fingerprint density at radius 3 is 2.86 bits per heavy atom. The van der Waals surface area contributed by atoms with E-state index in [0.717, 1.165) is 26.1 Å². The molecule has 0 radical (unpaired) electrons. The summed E-state index contributed by atoms with van der Waals surface area (Å²) in [4.78, 5) is 2.59. The third kappa shape index (κ3) is 2.64. The minimum absolute atomic E-state index is 0.115. The molecule has 1 atom stereocenters. The molecule has 0 fully saturated rings. The summed E-state index contributed by atoms with van der Waals surface area (Å²) >= 11 is 0. The maximum atomic E-state index is 4.28. The highest BCUT2D eigenvalue weighted by Crippen LogP contribution is 2.32. The van der Waals surface area contributed by atoms with E-state index in [9.17, 15) is 0 Å². The van der Waals surface area contributed by atoms with Gasteiger partial charge in [0.15, 0.2) is 0 Å². The first-order valence-corrected chi connectivity index (χ1v) is 7.92. The molecular formula is C17H26N4. The normalized spacial score (nSPS) is 19.7. The topological polar surface area (TPSA) is 36.9 Å². The van der Waals surface area contributed by atoms with Crippen LogP contribution in [-0.2, 0) is 18.5 Å². The van der Waals surface area contributed by atoms with E-state index in [1.807, 2.05) is 6.20 Å². The predicted molar refractivity (Wildman–Crippen MR) is 85.2 cm³/mol. The quantitative estimate of drug-likeness (QED) is 0.938. The molecule has 21 heavy (non-hydrogen) atoms. The molecule has 1 unspecified atom stereocenters. The summed E-state index contributed by atoms with van der Waals surface area (Å²) in [6.07, 6.45) is 5.35. The number of aromatic nitrogens is 3. The monoisotopic (exact) mass is 286 g/mol. The summed E-state index contributed by atoms with van der Waals surface area (Å²) < 4.78 is 2.39. The second-order valence-electron chi connectivity index (χ2n) is 7.04. The predicted octanol–water partition coefficient (Wildman–Crippen LogP) is 3.48. The SMILES string of the molecule is CCC1c2cccn2CCN1Cc1cn[nH]c1C(C)(C)C. The molecule has 2 aromatic heterocycles. The highest BCUT2D eigenvalue weighted by molar-refractivity contribution is 5.24. The summed E-state index contributed by atoms with van der Waals surface area (Å²) in [6, 6.07) is 4.94. The molecule has 0 aliphatic carbocycles. The van der Waals surface area contributed by atoms with Crippen LogP contribution in [0.3, 0.4) is 0 Å². The van der Waals surface area contributed by atoms with E-state index in [-0.39, 0.29) is 5.41 Å². The Kier molecular flexibility index (Phi) is 3.66. The van der Waals surface area contributed by atoms with Crippen molar-refractivity contribution in [1.82, 2.24) is 19.7 Å². The molecule has 114 valence electrons. The first-order chi connectivity index (χ1) is 10.0. The van der Waals surface area contributed by atoms with E-state index in [0.29, 0.717) is 6.04 Å². The molecule has 1 N–H and O–H groups in total. The largest absolute Gasteiger partial charge is 0.349 e. The van der Waals surface area contributed by atoms with Crippen molar-refractivity contribution in [2.45, 2.75) is 58.7 Å². The Balaban J connectivity index is 1.84. The van der Waals surface area contributed by atoms with Crippen molar-refractivity contribution in [2.75, 3.05) is 6.54 Å². The molecule has 2 aromatic rings. The van der Waals surface area contributed by atoms with E-state index in [1.165, 1.54) is 17.0 Å². The van der Waals surface area contributed by atoms with Crippen LogP contribution in [0.4, 0.5) is 0 Å². The molecule has 0 aromatic carbocycles. The lowest BCUT2D eigenvalue weighted by atomic mass is 9.89. The summed E-state index contributed by atoms with van der Waals surface area (Å²) in [5.74, 6) is 0. The lowest BCUT2D eigenvalue weighted by molar-refractivity contribution is 0.143. The van der Waals surface area contributed by atoms with Gasteiger partial charge in [0, 0.05) is 48.2 Å². The van der Waals surface area contributed by atoms with Crippen molar-refractivity contribution in [1.29, 1.82) is 0 Å². The molecule has 4 heteroatoms. The summed E-state index contributed by atoms with van der Waals surface area (Å²) in [7, 11) is 0. The van der Waals surface area contributed by atoms with Crippen LogP contribution in [0.1, 0.15) is 57.1 Å². The lowest BCUT2D eigenvalue weighted by Crippen LogP contribution is -2.37. The first kappa shape index (κ1) is 14.4. The number of rotatable bonds is 3. The summed E-state index contributed by atoms with van der Waals surface area (Å²) in [5.41, 5.74) is 4.16. The van der Waals surface area contributed by atoms with E-state index >= 15 is 0 Å². The highest BCUT2D eigenvalue weighted by atomic mass is 15.2. The van der Waals surface area contributed by atoms with Gasteiger partial charge in [-0.25, -0.2) is 0 Å². The zero-order chi connectivity index (χ0) is 15.0. The number of nitrogens with one attached hydrogen (secondary N) is 1. The van der Waals surface area contributed by atoms with Crippen molar-refractivity contribution < 1.29 is 0 Å². The van der Waals surface area contributed by atoms with Crippen LogP contribution in [0.25, 0.3) is 0 Å². The van der Waals surface area contributed by atoms with Gasteiger partial charge < -0.3 is 4.57 Å². The van der Waals surface area contributed by atoms with E-state index in [2.05, 4.69) is 65.7 Å². The number of aromatic amines is 1. The van der Waals surface area contributed by atoms with Crippen LogP contribution in [0, 0.1) is 0 Å². The van der Waals surface area contributed by atoms with Crippen LogP contribution < -0.4 is 0 Å². The van der Waals surface area contributed by atoms with Gasteiger partial charge in [-0.3, -0.25) is 10.00 Å². The van der Waals surface area contributed by atoms with Crippen LogP contribution in [0.15, 0.2) is 24.5 Å². The summed E-state index contributed by atoms with van der Waals surface area (Å²) in [6.45, 7) is 12.2. The fourth-order valence-corrected chi connectivity index (χ4v) is 3.47. The Morgan fingerprint density at radius 1 is 1.33 bits per heavy atom. The van der Waals surface area contributed by atoms with Gasteiger partial charge >= 0.3 is 0 Å². The van der Waals surface area contributed by atoms with E-state index in [4.69, 9.17) is 0 Å². The molecule has 0 saturated carbocycles. The first-order valence-electron chi connectivity index (χ1n) is 7.92. The minimum atomic E-state index is 0.115. The Labute approximate surface area is 127 Å². The molecule has 1 aliphatic rings. The highest BCUT2D eigenvalue weighted by Gasteiger charge is 2.28. The molecule has 0 saturated heterocycles. The van der Waals surface area contributed by atoms with E-state index < -0.39 is 0 Å². The van der Waals surface area contributed by atoms with Gasteiger partial charge in [-0.15, -0.1) is 0 Å². The number of hydrogen-bond donors (Lipinski definition) is 1. The zero-order valence-electron chi connectivity index (χ0n) is 13.6. The van der Waals surface area contributed by atoms with Gasteiger partial charge in [0.25, 0.3) is 0 Å². The Hall–Kier alpha value is -1.55. The zero-order valence-corrected chi connectivity index (χ0v) is 13.6. The Morgan fingerprint density at radius 2 is 2.14 bits per heavy atom. The van der Waals surface area contributed by atoms with Crippen molar-refractivity contribution >= 4 is 0 Å². The molecule has 0 amide bonds. The molecule has 3 heterocycles. The Bertz CT molecular complexity index is 602. The average Bonchev–Trinajstić information content (AvgIpc) is 3.05. The maximum absolute atomic E-state index is 4.28. The van der Waals surface area contributed by atoms with Gasteiger partial charge in [0.05, 0.1) is 12.2 Å². The second-order valence-corrected chi connectivity index (χ2v) is 7.04. The van der Waals surface area contributed by atoms with Gasteiger partial charge in [0.2, 0.25) is 0 Å². The van der Waals surface area contributed by atoms with Crippen molar-refractivity contribution in [2.24, 2.45) is 0 Å².